The van der Waals surface area contributed by atoms with Gasteiger partial charge in [0.05, 0.1) is 6.61 Å². The van der Waals surface area contributed by atoms with Crippen molar-refractivity contribution in [2.75, 3.05) is 19.1 Å². The maximum Gasteiger partial charge on any atom is 0.148 e. The smallest absolute Gasteiger partial charge is 0.148 e. The second-order valence-corrected chi connectivity index (χ2v) is 7.05. The summed E-state index contributed by atoms with van der Waals surface area (Å²) in [5.74, 6) is 5.07. The van der Waals surface area contributed by atoms with Gasteiger partial charge >= 0.3 is 0 Å². The molecular formula is C22H25ClO2. The van der Waals surface area contributed by atoms with Crippen molar-refractivity contribution in [3.63, 3.8) is 0 Å². The largest absolute Gasteiger partial charge is 0.493 e. The molecule has 0 aliphatic rings. The van der Waals surface area contributed by atoms with Crippen LogP contribution >= 0.6 is 11.6 Å². The summed E-state index contributed by atoms with van der Waals surface area (Å²) in [5.41, 5.74) is 2.32. The lowest BCUT2D eigenvalue weighted by molar-refractivity contribution is 0.272. The number of halogens is 1. The second kappa shape index (κ2) is 8.83. The monoisotopic (exact) mass is 356 g/mol. The van der Waals surface area contributed by atoms with Gasteiger partial charge in [-0.1, -0.05) is 51.0 Å². The Kier molecular flexibility index (Phi) is 6.79. The molecule has 3 heteroatoms. The van der Waals surface area contributed by atoms with Gasteiger partial charge in [-0.05, 0) is 35.4 Å². The van der Waals surface area contributed by atoms with Crippen LogP contribution in [0.25, 0.3) is 0 Å². The molecule has 0 fully saturated rings. The van der Waals surface area contributed by atoms with Gasteiger partial charge in [0.15, 0.2) is 0 Å². The summed E-state index contributed by atoms with van der Waals surface area (Å²) in [5, 5.41) is 0. The Bertz CT molecular complexity index is 696. The van der Waals surface area contributed by atoms with Crippen LogP contribution in [0.2, 0.25) is 0 Å². The fourth-order valence-corrected chi connectivity index (χ4v) is 2.60. The highest BCUT2D eigenvalue weighted by atomic mass is 35.5. The van der Waals surface area contributed by atoms with Gasteiger partial charge < -0.3 is 9.47 Å². The second-order valence-electron chi connectivity index (χ2n) is 6.74. The summed E-state index contributed by atoms with van der Waals surface area (Å²) < 4.78 is 11.2. The van der Waals surface area contributed by atoms with Crippen LogP contribution in [0.5, 0.6) is 11.5 Å². The Morgan fingerprint density at radius 1 is 0.960 bits per heavy atom. The van der Waals surface area contributed by atoms with Crippen LogP contribution in [-0.2, 0) is 5.41 Å². The number of terminal acetylenes is 1. The van der Waals surface area contributed by atoms with Crippen molar-refractivity contribution in [2.45, 2.75) is 26.2 Å². The van der Waals surface area contributed by atoms with E-state index in [1.807, 2.05) is 24.3 Å². The van der Waals surface area contributed by atoms with E-state index in [-0.39, 0.29) is 12.0 Å². The summed E-state index contributed by atoms with van der Waals surface area (Å²) >= 11 is 5.81. The molecule has 0 heterocycles. The molecule has 2 aromatic rings. The molecule has 0 N–H and O–H groups in total. The third-order valence-electron chi connectivity index (χ3n) is 4.27. The topological polar surface area (TPSA) is 18.5 Å². The number of ether oxygens (including phenoxy) is 2. The Balaban J connectivity index is 2.09. The summed E-state index contributed by atoms with van der Waals surface area (Å²) in [6.07, 6.45) is 5.22. The third kappa shape index (κ3) is 5.18. The van der Waals surface area contributed by atoms with Crippen molar-refractivity contribution in [3.8, 4) is 23.8 Å². The van der Waals surface area contributed by atoms with Crippen LogP contribution in [0.15, 0.2) is 48.5 Å². The molecule has 0 radical (unpaired) electrons. The lowest BCUT2D eigenvalue weighted by Crippen LogP contribution is -2.18. The third-order valence-corrected chi connectivity index (χ3v) is 4.80. The molecular weight excluding hydrogens is 332 g/mol. The molecule has 0 aliphatic carbocycles. The first-order valence-corrected chi connectivity index (χ1v) is 8.97. The van der Waals surface area contributed by atoms with E-state index in [9.17, 15) is 0 Å². The van der Waals surface area contributed by atoms with Crippen LogP contribution in [0.4, 0.5) is 0 Å². The van der Waals surface area contributed by atoms with E-state index < -0.39 is 0 Å². The van der Waals surface area contributed by atoms with Crippen molar-refractivity contribution in [2.24, 2.45) is 5.92 Å². The average Bonchev–Trinajstić information content (AvgIpc) is 2.65. The van der Waals surface area contributed by atoms with Gasteiger partial charge in [-0.15, -0.1) is 18.0 Å². The van der Waals surface area contributed by atoms with Crippen LogP contribution in [0, 0.1) is 18.3 Å². The molecule has 0 bridgehead atoms. The SMILES string of the molecule is C#CCOc1ccc(C(C)(C)c2ccc(OC[C@@H](C)CCl)cc2)cc1. The minimum atomic E-state index is -0.118. The van der Waals surface area contributed by atoms with E-state index in [1.165, 1.54) is 11.1 Å². The van der Waals surface area contributed by atoms with Crippen molar-refractivity contribution in [1.82, 2.24) is 0 Å². The molecule has 0 saturated carbocycles. The number of hydrogen-bond donors (Lipinski definition) is 0. The number of benzene rings is 2. The standard InChI is InChI=1S/C22H25ClO2/c1-5-14-24-20-10-6-18(7-11-20)22(3,4)19-8-12-21(13-9-19)25-16-17(2)15-23/h1,6-13,17H,14-16H2,2-4H3/t17-/m0/s1. The summed E-state index contributed by atoms with van der Waals surface area (Å²) in [6, 6.07) is 16.3. The zero-order chi connectivity index (χ0) is 18.3. The lowest BCUT2D eigenvalue weighted by atomic mass is 9.78. The molecule has 25 heavy (non-hydrogen) atoms. The van der Waals surface area contributed by atoms with Gasteiger partial charge in [-0.2, -0.15) is 0 Å². The highest BCUT2D eigenvalue weighted by Crippen LogP contribution is 2.33. The molecule has 0 aliphatic heterocycles. The highest BCUT2D eigenvalue weighted by Gasteiger charge is 2.23. The normalized spacial score (nSPS) is 12.3. The van der Waals surface area contributed by atoms with E-state index in [2.05, 4.69) is 51.0 Å². The zero-order valence-corrected chi connectivity index (χ0v) is 15.8. The van der Waals surface area contributed by atoms with E-state index in [0.717, 1.165) is 11.5 Å². The van der Waals surface area contributed by atoms with Gasteiger partial charge in [0.2, 0.25) is 0 Å². The molecule has 0 aromatic heterocycles. The van der Waals surface area contributed by atoms with Crippen LogP contribution < -0.4 is 9.47 Å². The Morgan fingerprint density at radius 3 is 1.88 bits per heavy atom. The molecule has 0 amide bonds. The fraction of sp³-hybridized carbons (Fsp3) is 0.364. The first-order valence-electron chi connectivity index (χ1n) is 8.43. The van der Waals surface area contributed by atoms with Crippen LogP contribution in [0.1, 0.15) is 31.9 Å². The predicted octanol–water partition coefficient (Wildman–Crippen LogP) is 5.28. The quantitative estimate of drug-likeness (QED) is 0.473. The van der Waals surface area contributed by atoms with Gasteiger partial charge in [0.25, 0.3) is 0 Å². The van der Waals surface area contributed by atoms with Gasteiger partial charge in [0, 0.05) is 17.2 Å². The fourth-order valence-electron chi connectivity index (χ4n) is 2.51. The van der Waals surface area contributed by atoms with Crippen LogP contribution in [-0.4, -0.2) is 19.1 Å². The van der Waals surface area contributed by atoms with E-state index in [0.29, 0.717) is 18.4 Å². The molecule has 0 spiro atoms. The first-order chi connectivity index (χ1) is 12.0. The van der Waals surface area contributed by atoms with Crippen molar-refractivity contribution in [1.29, 1.82) is 0 Å². The van der Waals surface area contributed by atoms with Gasteiger partial charge in [-0.3, -0.25) is 0 Å². The van der Waals surface area contributed by atoms with E-state index in [4.69, 9.17) is 27.5 Å². The molecule has 0 saturated heterocycles. The average molecular weight is 357 g/mol. The van der Waals surface area contributed by atoms with Gasteiger partial charge in [0.1, 0.15) is 18.1 Å². The maximum absolute atomic E-state index is 5.81. The lowest BCUT2D eigenvalue weighted by Gasteiger charge is -2.26. The molecule has 2 aromatic carbocycles. The van der Waals surface area contributed by atoms with Crippen LogP contribution in [0.3, 0.4) is 0 Å². The molecule has 1 atom stereocenters. The zero-order valence-electron chi connectivity index (χ0n) is 15.1. The van der Waals surface area contributed by atoms with Crippen molar-refractivity contribution >= 4 is 11.6 Å². The first kappa shape index (κ1) is 19.2. The summed E-state index contributed by atoms with van der Waals surface area (Å²) in [7, 11) is 0. The molecule has 2 nitrogen and oxygen atoms in total. The summed E-state index contributed by atoms with van der Waals surface area (Å²) in [4.78, 5) is 0. The van der Waals surface area contributed by atoms with Crippen molar-refractivity contribution in [3.05, 3.63) is 59.7 Å². The number of hydrogen-bond acceptors (Lipinski definition) is 2. The predicted molar refractivity (Wildman–Crippen MR) is 105 cm³/mol. The molecule has 2 rings (SSSR count). The number of rotatable bonds is 8. The molecule has 0 unspecified atom stereocenters. The minimum absolute atomic E-state index is 0.118. The maximum atomic E-state index is 5.81. The Morgan fingerprint density at radius 2 is 1.44 bits per heavy atom. The molecule has 132 valence electrons. The van der Waals surface area contributed by atoms with Crippen molar-refractivity contribution < 1.29 is 9.47 Å². The van der Waals surface area contributed by atoms with E-state index >= 15 is 0 Å². The highest BCUT2D eigenvalue weighted by molar-refractivity contribution is 6.18. The van der Waals surface area contributed by atoms with Gasteiger partial charge in [-0.25, -0.2) is 0 Å². The Labute approximate surface area is 156 Å². The van der Waals surface area contributed by atoms with E-state index in [1.54, 1.807) is 0 Å². The minimum Gasteiger partial charge on any atom is -0.493 e. The number of alkyl halides is 1. The summed E-state index contributed by atoms with van der Waals surface area (Å²) in [6.45, 7) is 7.39. The Hall–Kier alpha value is -2.11.